The van der Waals surface area contributed by atoms with Gasteiger partial charge in [0.05, 0.1) is 6.04 Å². The molecule has 2 aliphatic heterocycles. The van der Waals surface area contributed by atoms with Crippen LogP contribution in [0.1, 0.15) is 25.7 Å². The summed E-state index contributed by atoms with van der Waals surface area (Å²) in [5, 5.41) is 3.26. The van der Waals surface area contributed by atoms with Crippen molar-refractivity contribution >= 4 is 17.7 Å². The van der Waals surface area contributed by atoms with E-state index in [2.05, 4.69) is 10.2 Å². The summed E-state index contributed by atoms with van der Waals surface area (Å²) in [6, 6.07) is 0.109. The summed E-state index contributed by atoms with van der Waals surface area (Å²) in [6.07, 6.45) is 5.06. The molecule has 1 N–H and O–H groups in total. The number of likely N-dealkylation sites (tertiary alicyclic amines) is 1. The van der Waals surface area contributed by atoms with Gasteiger partial charge >= 0.3 is 0 Å². The molecule has 3 aliphatic rings. The summed E-state index contributed by atoms with van der Waals surface area (Å²) in [4.78, 5) is 14.2. The van der Waals surface area contributed by atoms with Crippen LogP contribution in [-0.4, -0.2) is 40.6 Å². The van der Waals surface area contributed by atoms with E-state index in [0.29, 0.717) is 11.4 Å². The Labute approximate surface area is 88.6 Å². The molecule has 0 aromatic heterocycles. The second kappa shape index (κ2) is 3.14. The van der Waals surface area contributed by atoms with Crippen molar-refractivity contribution in [3.63, 3.8) is 0 Å². The van der Waals surface area contributed by atoms with Gasteiger partial charge in [-0.25, -0.2) is 0 Å². The average molecular weight is 212 g/mol. The topological polar surface area (TPSA) is 32.3 Å². The number of hydrogen-bond donors (Lipinski definition) is 1. The minimum atomic E-state index is 0.109. The summed E-state index contributed by atoms with van der Waals surface area (Å²) in [5.41, 5.74) is 0.325. The van der Waals surface area contributed by atoms with E-state index in [1.807, 2.05) is 11.8 Å². The molecule has 1 amide bonds. The molecule has 4 heteroatoms. The van der Waals surface area contributed by atoms with Crippen molar-refractivity contribution in [2.75, 3.05) is 18.2 Å². The highest BCUT2D eigenvalue weighted by Gasteiger charge is 2.52. The molecule has 1 spiro atoms. The van der Waals surface area contributed by atoms with Gasteiger partial charge in [-0.05, 0) is 25.7 Å². The summed E-state index contributed by atoms with van der Waals surface area (Å²) >= 11 is 1.83. The molecule has 3 rings (SSSR count). The van der Waals surface area contributed by atoms with E-state index in [1.165, 1.54) is 25.7 Å². The standard InChI is InChI=1S/C10H16N2OS/c13-9(8-6-14-7-11-8)12-5-4-10(12)2-1-3-10/h8,11H,1-7H2. The molecule has 1 unspecified atom stereocenters. The number of hydrogen-bond acceptors (Lipinski definition) is 3. The Balaban J connectivity index is 1.67. The fraction of sp³-hybridized carbons (Fsp3) is 0.900. The molecule has 78 valence electrons. The van der Waals surface area contributed by atoms with Crippen molar-refractivity contribution in [2.24, 2.45) is 0 Å². The Hall–Kier alpha value is -0.220. The molecule has 1 atom stereocenters. The monoisotopic (exact) mass is 212 g/mol. The molecular formula is C10H16N2OS. The Morgan fingerprint density at radius 3 is 2.71 bits per heavy atom. The van der Waals surface area contributed by atoms with Crippen molar-refractivity contribution in [3.8, 4) is 0 Å². The fourth-order valence-electron chi connectivity index (χ4n) is 2.73. The Morgan fingerprint density at radius 1 is 1.43 bits per heavy atom. The summed E-state index contributed by atoms with van der Waals surface area (Å²) in [5.74, 6) is 2.27. The molecule has 14 heavy (non-hydrogen) atoms. The van der Waals surface area contributed by atoms with E-state index in [9.17, 15) is 4.79 Å². The molecule has 0 aromatic carbocycles. The van der Waals surface area contributed by atoms with Gasteiger partial charge in [0.1, 0.15) is 0 Å². The number of nitrogens with zero attached hydrogens (tertiary/aromatic N) is 1. The van der Waals surface area contributed by atoms with Gasteiger partial charge in [-0.1, -0.05) is 0 Å². The SMILES string of the molecule is O=C(C1CSCN1)N1CCC12CCC2. The van der Waals surface area contributed by atoms with Crippen LogP contribution in [0.25, 0.3) is 0 Å². The first-order valence-corrected chi connectivity index (χ1v) is 6.60. The van der Waals surface area contributed by atoms with Crippen molar-refractivity contribution in [1.82, 2.24) is 10.2 Å². The van der Waals surface area contributed by atoms with E-state index in [0.717, 1.165) is 18.2 Å². The summed E-state index contributed by atoms with van der Waals surface area (Å²) in [7, 11) is 0. The lowest BCUT2D eigenvalue weighted by molar-refractivity contribution is -0.157. The zero-order chi connectivity index (χ0) is 9.60. The number of carbonyl (C=O) groups excluding carboxylic acids is 1. The van der Waals surface area contributed by atoms with Gasteiger partial charge in [-0.2, -0.15) is 0 Å². The quantitative estimate of drug-likeness (QED) is 0.698. The number of amides is 1. The van der Waals surface area contributed by atoms with E-state index >= 15 is 0 Å². The Kier molecular flexibility index (Phi) is 2.02. The van der Waals surface area contributed by atoms with E-state index in [-0.39, 0.29) is 6.04 Å². The molecule has 1 aliphatic carbocycles. The van der Waals surface area contributed by atoms with Crippen LogP contribution >= 0.6 is 11.8 Å². The Morgan fingerprint density at radius 2 is 2.29 bits per heavy atom. The minimum Gasteiger partial charge on any atom is -0.335 e. The lowest BCUT2D eigenvalue weighted by Gasteiger charge is -2.59. The fourth-order valence-corrected chi connectivity index (χ4v) is 3.66. The maximum Gasteiger partial charge on any atom is 0.241 e. The third-order valence-corrected chi connectivity index (χ3v) is 4.88. The molecular weight excluding hydrogens is 196 g/mol. The molecule has 2 saturated heterocycles. The van der Waals surface area contributed by atoms with Crippen LogP contribution in [0.5, 0.6) is 0 Å². The molecule has 0 radical (unpaired) electrons. The van der Waals surface area contributed by atoms with Gasteiger partial charge in [-0.15, -0.1) is 11.8 Å². The first-order chi connectivity index (χ1) is 6.82. The van der Waals surface area contributed by atoms with Crippen LogP contribution in [0.2, 0.25) is 0 Å². The van der Waals surface area contributed by atoms with Crippen LogP contribution in [0.15, 0.2) is 0 Å². The van der Waals surface area contributed by atoms with Crippen molar-refractivity contribution in [2.45, 2.75) is 37.3 Å². The lowest BCUT2D eigenvalue weighted by Crippen LogP contribution is -2.68. The normalized spacial score (nSPS) is 34.0. The number of thioether (sulfide) groups is 1. The average Bonchev–Trinajstić information content (AvgIpc) is 2.50. The largest absolute Gasteiger partial charge is 0.335 e. The summed E-state index contributed by atoms with van der Waals surface area (Å²) < 4.78 is 0. The van der Waals surface area contributed by atoms with Gasteiger partial charge in [0.2, 0.25) is 5.91 Å². The molecule has 0 aromatic rings. The molecule has 2 heterocycles. The van der Waals surface area contributed by atoms with Gasteiger partial charge in [0, 0.05) is 23.7 Å². The lowest BCUT2D eigenvalue weighted by atomic mass is 9.67. The van der Waals surface area contributed by atoms with Crippen LogP contribution in [0.4, 0.5) is 0 Å². The van der Waals surface area contributed by atoms with Crippen LogP contribution in [0, 0.1) is 0 Å². The van der Waals surface area contributed by atoms with Crippen molar-refractivity contribution < 1.29 is 4.79 Å². The van der Waals surface area contributed by atoms with Gasteiger partial charge in [-0.3, -0.25) is 10.1 Å². The smallest absolute Gasteiger partial charge is 0.241 e. The molecule has 3 fully saturated rings. The third-order valence-electron chi connectivity index (χ3n) is 3.94. The molecule has 3 nitrogen and oxygen atoms in total. The van der Waals surface area contributed by atoms with Crippen molar-refractivity contribution in [1.29, 1.82) is 0 Å². The van der Waals surface area contributed by atoms with Crippen LogP contribution in [0.3, 0.4) is 0 Å². The predicted octanol–water partition coefficient (Wildman–Crippen LogP) is 0.804. The van der Waals surface area contributed by atoms with Gasteiger partial charge in [0.25, 0.3) is 0 Å². The maximum atomic E-state index is 12.1. The molecule has 0 bridgehead atoms. The zero-order valence-electron chi connectivity index (χ0n) is 8.29. The number of rotatable bonds is 1. The molecule has 1 saturated carbocycles. The van der Waals surface area contributed by atoms with Crippen molar-refractivity contribution in [3.05, 3.63) is 0 Å². The highest BCUT2D eigenvalue weighted by atomic mass is 32.2. The highest BCUT2D eigenvalue weighted by Crippen LogP contribution is 2.47. The first kappa shape index (κ1) is 9.04. The van der Waals surface area contributed by atoms with E-state index < -0.39 is 0 Å². The third kappa shape index (κ3) is 1.13. The second-order valence-corrected chi connectivity index (χ2v) is 5.62. The number of carbonyl (C=O) groups is 1. The van der Waals surface area contributed by atoms with E-state index in [4.69, 9.17) is 0 Å². The number of nitrogens with one attached hydrogen (secondary N) is 1. The Bertz CT molecular complexity index is 253. The predicted molar refractivity (Wildman–Crippen MR) is 57.2 cm³/mol. The second-order valence-electron chi connectivity index (χ2n) is 4.59. The van der Waals surface area contributed by atoms with E-state index in [1.54, 1.807) is 0 Å². The van der Waals surface area contributed by atoms with Gasteiger partial charge in [0.15, 0.2) is 0 Å². The van der Waals surface area contributed by atoms with Gasteiger partial charge < -0.3 is 4.90 Å². The summed E-state index contributed by atoms with van der Waals surface area (Å²) in [6.45, 7) is 1.00. The maximum absolute atomic E-state index is 12.1. The van der Waals surface area contributed by atoms with Crippen LogP contribution in [-0.2, 0) is 4.79 Å². The minimum absolute atomic E-state index is 0.109. The zero-order valence-corrected chi connectivity index (χ0v) is 9.11. The van der Waals surface area contributed by atoms with Crippen LogP contribution < -0.4 is 5.32 Å². The highest BCUT2D eigenvalue weighted by molar-refractivity contribution is 7.99. The first-order valence-electron chi connectivity index (χ1n) is 5.44.